The van der Waals surface area contributed by atoms with E-state index in [9.17, 15) is 9.59 Å². The summed E-state index contributed by atoms with van der Waals surface area (Å²) in [6.45, 7) is 3.34. The smallest absolute Gasteiger partial charge is 0.263 e. The molecule has 1 amide bonds. The van der Waals surface area contributed by atoms with Crippen molar-refractivity contribution in [1.82, 2.24) is 24.6 Å². The predicted molar refractivity (Wildman–Crippen MR) is 129 cm³/mol. The Labute approximate surface area is 199 Å². The first-order valence-corrected chi connectivity index (χ1v) is 13.0. The topological polar surface area (TPSA) is 102 Å². The van der Waals surface area contributed by atoms with E-state index >= 15 is 0 Å². The Morgan fingerprint density at radius 1 is 1.27 bits per heavy atom. The fourth-order valence-electron chi connectivity index (χ4n) is 4.52. The van der Waals surface area contributed by atoms with E-state index in [0.717, 1.165) is 54.1 Å². The van der Waals surface area contributed by atoms with Crippen molar-refractivity contribution in [1.29, 1.82) is 0 Å². The van der Waals surface area contributed by atoms with Crippen molar-refractivity contribution in [3.63, 3.8) is 0 Å². The summed E-state index contributed by atoms with van der Waals surface area (Å²) < 4.78 is 7.16. The van der Waals surface area contributed by atoms with Gasteiger partial charge in [-0.2, -0.15) is 0 Å². The van der Waals surface area contributed by atoms with Gasteiger partial charge in [-0.15, -0.1) is 21.5 Å². The minimum absolute atomic E-state index is 0.0402. The van der Waals surface area contributed by atoms with E-state index in [1.54, 1.807) is 11.3 Å². The number of amides is 1. The van der Waals surface area contributed by atoms with E-state index in [4.69, 9.17) is 9.72 Å². The number of nitrogens with one attached hydrogen (secondary N) is 1. The second kappa shape index (κ2) is 9.21. The fourth-order valence-corrected chi connectivity index (χ4v) is 6.76. The van der Waals surface area contributed by atoms with Gasteiger partial charge in [0.05, 0.1) is 11.9 Å². The summed E-state index contributed by atoms with van der Waals surface area (Å²) in [5, 5.41) is 12.9. The van der Waals surface area contributed by atoms with Crippen LogP contribution in [0.3, 0.4) is 0 Å². The first kappa shape index (κ1) is 22.6. The van der Waals surface area contributed by atoms with Gasteiger partial charge in [-0.1, -0.05) is 18.3 Å². The maximum Gasteiger partial charge on any atom is 0.263 e. The summed E-state index contributed by atoms with van der Waals surface area (Å²) in [7, 11) is 3.85. The molecule has 1 fully saturated rings. The van der Waals surface area contributed by atoms with E-state index in [1.165, 1.54) is 20.8 Å². The number of hydrogen-bond donors (Lipinski definition) is 1. The van der Waals surface area contributed by atoms with Gasteiger partial charge >= 0.3 is 0 Å². The molecule has 176 valence electrons. The second-order valence-corrected chi connectivity index (χ2v) is 11.3. The van der Waals surface area contributed by atoms with Gasteiger partial charge in [-0.3, -0.25) is 19.5 Å². The normalized spacial score (nSPS) is 20.5. The van der Waals surface area contributed by atoms with Crippen molar-refractivity contribution in [3.8, 4) is 0 Å². The molecule has 1 N–H and O–H groups in total. The summed E-state index contributed by atoms with van der Waals surface area (Å²) in [5.74, 6) is 0.897. The highest BCUT2D eigenvalue weighted by molar-refractivity contribution is 7.18. The summed E-state index contributed by atoms with van der Waals surface area (Å²) in [6.07, 6.45) is 4.84. The second-order valence-electron chi connectivity index (χ2n) is 9.18. The van der Waals surface area contributed by atoms with E-state index in [-0.39, 0.29) is 24.1 Å². The maximum atomic E-state index is 13.6. The lowest BCUT2D eigenvalue weighted by atomic mass is 9.89. The Hall–Kier alpha value is -2.21. The van der Waals surface area contributed by atoms with E-state index in [2.05, 4.69) is 22.4 Å². The molecule has 9 nitrogen and oxygen atoms in total. The standard InChI is InChI=1S/C22H28N6O3S2/c1-12-6-7-13-15(9-12)32-20-18(13)21(30)28(16(23-20)10-27(2)3)11-17(29)24-22-26-25-19(33-22)14-5-4-8-31-14/h12,14H,4-11H2,1-3H3,(H,24,26,29). The third-order valence-electron chi connectivity index (χ3n) is 6.15. The highest BCUT2D eigenvalue weighted by atomic mass is 32.1. The first-order valence-electron chi connectivity index (χ1n) is 11.3. The van der Waals surface area contributed by atoms with E-state index in [1.807, 2.05) is 19.0 Å². The van der Waals surface area contributed by atoms with Crippen LogP contribution in [0.25, 0.3) is 10.2 Å². The average molecular weight is 489 g/mol. The van der Waals surface area contributed by atoms with Gasteiger partial charge in [0.25, 0.3) is 5.56 Å². The van der Waals surface area contributed by atoms with E-state index < -0.39 is 0 Å². The maximum absolute atomic E-state index is 13.6. The molecule has 0 saturated carbocycles. The zero-order valence-electron chi connectivity index (χ0n) is 19.1. The van der Waals surface area contributed by atoms with Crippen LogP contribution in [0.1, 0.15) is 53.6 Å². The molecular weight excluding hydrogens is 460 g/mol. The molecule has 3 aromatic rings. The molecule has 4 heterocycles. The number of carbonyl (C=O) groups is 1. The number of rotatable bonds is 6. The molecule has 0 bridgehead atoms. The molecule has 2 unspecified atom stereocenters. The highest BCUT2D eigenvalue weighted by Gasteiger charge is 2.26. The van der Waals surface area contributed by atoms with Crippen molar-refractivity contribution in [3.05, 3.63) is 31.6 Å². The predicted octanol–water partition coefficient (Wildman–Crippen LogP) is 2.99. The van der Waals surface area contributed by atoms with Crippen LogP contribution >= 0.6 is 22.7 Å². The van der Waals surface area contributed by atoms with Gasteiger partial charge in [-0.25, -0.2) is 4.98 Å². The zero-order chi connectivity index (χ0) is 23.1. The lowest BCUT2D eigenvalue weighted by Crippen LogP contribution is -2.33. The van der Waals surface area contributed by atoms with Gasteiger partial charge in [0.15, 0.2) is 0 Å². The molecule has 5 rings (SSSR count). The molecule has 3 aromatic heterocycles. The SMILES string of the molecule is CC1CCc2c(sc3nc(CN(C)C)n(CC(=O)Nc4nnc(C5CCCO5)s4)c(=O)c23)C1. The highest BCUT2D eigenvalue weighted by Crippen LogP contribution is 2.36. The number of anilines is 1. The number of nitrogens with zero attached hydrogens (tertiary/aromatic N) is 5. The third-order valence-corrected chi connectivity index (χ3v) is 8.22. The molecule has 0 spiro atoms. The van der Waals surface area contributed by atoms with Crippen LogP contribution in [-0.2, 0) is 35.5 Å². The van der Waals surface area contributed by atoms with Crippen LogP contribution in [0.15, 0.2) is 4.79 Å². The molecule has 0 aromatic carbocycles. The molecule has 1 saturated heterocycles. The number of ether oxygens (including phenoxy) is 1. The minimum Gasteiger partial charge on any atom is -0.371 e. The summed E-state index contributed by atoms with van der Waals surface area (Å²) in [5.41, 5.74) is 0.998. The number of thiophene rings is 1. The van der Waals surface area contributed by atoms with Crippen molar-refractivity contribution in [2.75, 3.05) is 26.0 Å². The van der Waals surface area contributed by atoms with Crippen molar-refractivity contribution >= 4 is 43.9 Å². The number of hydrogen-bond acceptors (Lipinski definition) is 9. The number of aromatic nitrogens is 4. The Morgan fingerprint density at radius 3 is 2.88 bits per heavy atom. The lowest BCUT2D eigenvalue weighted by molar-refractivity contribution is -0.116. The van der Waals surface area contributed by atoms with Crippen molar-refractivity contribution < 1.29 is 9.53 Å². The molecule has 33 heavy (non-hydrogen) atoms. The summed E-state index contributed by atoms with van der Waals surface area (Å²) in [4.78, 5) is 35.4. The zero-order valence-corrected chi connectivity index (χ0v) is 20.7. The van der Waals surface area contributed by atoms with Gasteiger partial charge in [0.1, 0.15) is 28.3 Å². The molecule has 1 aliphatic heterocycles. The van der Waals surface area contributed by atoms with E-state index in [0.29, 0.717) is 28.8 Å². The Balaban J connectivity index is 1.44. The molecule has 1 aliphatic carbocycles. The lowest BCUT2D eigenvalue weighted by Gasteiger charge is -2.18. The van der Waals surface area contributed by atoms with Gasteiger partial charge in [0.2, 0.25) is 11.0 Å². The quantitative estimate of drug-likeness (QED) is 0.569. The van der Waals surface area contributed by atoms with Gasteiger partial charge in [0, 0.05) is 11.5 Å². The van der Waals surface area contributed by atoms with Crippen LogP contribution in [0, 0.1) is 5.92 Å². The molecule has 11 heteroatoms. The molecule has 2 atom stereocenters. The van der Waals surface area contributed by atoms with Crippen LogP contribution in [0.5, 0.6) is 0 Å². The largest absolute Gasteiger partial charge is 0.371 e. The third kappa shape index (κ3) is 4.59. The first-order chi connectivity index (χ1) is 15.9. The van der Waals surface area contributed by atoms with Gasteiger partial charge < -0.3 is 9.64 Å². The van der Waals surface area contributed by atoms with Crippen LogP contribution in [0.4, 0.5) is 5.13 Å². The fraction of sp³-hybridized carbons (Fsp3) is 0.591. The summed E-state index contributed by atoms with van der Waals surface area (Å²) in [6, 6.07) is 0. The van der Waals surface area contributed by atoms with Crippen molar-refractivity contribution in [2.24, 2.45) is 5.92 Å². The molecule has 2 aliphatic rings. The Kier molecular flexibility index (Phi) is 6.30. The van der Waals surface area contributed by atoms with Crippen molar-refractivity contribution in [2.45, 2.75) is 58.2 Å². The number of carbonyl (C=O) groups excluding carboxylic acids is 1. The van der Waals surface area contributed by atoms with Gasteiger partial charge in [-0.05, 0) is 57.7 Å². The molecular formula is C22H28N6O3S2. The van der Waals surface area contributed by atoms with Crippen LogP contribution in [-0.4, -0.2) is 51.3 Å². The minimum atomic E-state index is -0.314. The molecule has 0 radical (unpaired) electrons. The monoisotopic (exact) mass is 488 g/mol. The Bertz CT molecular complexity index is 1240. The number of fused-ring (bicyclic) bond motifs is 3. The summed E-state index contributed by atoms with van der Waals surface area (Å²) >= 11 is 2.95. The number of aryl methyl sites for hydroxylation is 1. The average Bonchev–Trinajstić information content (AvgIpc) is 3.49. The Morgan fingerprint density at radius 2 is 2.12 bits per heavy atom. The van der Waals surface area contributed by atoms with Crippen LogP contribution in [0.2, 0.25) is 0 Å². The van der Waals surface area contributed by atoms with Crippen LogP contribution < -0.4 is 10.9 Å².